The molecule has 0 saturated heterocycles. The summed E-state index contributed by atoms with van der Waals surface area (Å²) < 4.78 is 29.2. The van der Waals surface area contributed by atoms with Gasteiger partial charge in [0.25, 0.3) is 0 Å². The lowest BCUT2D eigenvalue weighted by molar-refractivity contribution is -0.132. The van der Waals surface area contributed by atoms with Gasteiger partial charge in [-0.15, -0.1) is 0 Å². The quantitative estimate of drug-likeness (QED) is 0.522. The van der Waals surface area contributed by atoms with Gasteiger partial charge in [0.2, 0.25) is 11.6 Å². The van der Waals surface area contributed by atoms with Gasteiger partial charge in [-0.1, -0.05) is 0 Å². The van der Waals surface area contributed by atoms with E-state index < -0.39 is 56.6 Å². The first-order valence-electron chi connectivity index (χ1n) is 7.45. The van der Waals surface area contributed by atoms with E-state index in [1.807, 2.05) is 0 Å². The van der Waals surface area contributed by atoms with Crippen LogP contribution in [0.4, 0.5) is 14.5 Å². The van der Waals surface area contributed by atoms with E-state index in [4.69, 9.17) is 0 Å². The number of halogens is 2. The number of benzene rings is 1. The van der Waals surface area contributed by atoms with E-state index in [1.54, 1.807) is 0 Å². The molecule has 0 bridgehead atoms. The SMILES string of the molecule is O=C(O)C1=C[N+]([O-])(C2CC2)c2c(cc(F)c(-n3ccnc3)c2F)C1=O. The number of quaternary nitrogens is 1. The van der Waals surface area contributed by atoms with Crippen LogP contribution in [0.5, 0.6) is 0 Å². The highest BCUT2D eigenvalue weighted by Gasteiger charge is 2.49. The number of carbonyl (C=O) groups is 2. The number of Topliss-reactive ketones (excluding diaryl/α,β-unsaturated/α-hetero) is 1. The Morgan fingerprint density at radius 2 is 2.12 bits per heavy atom. The molecule has 4 rings (SSSR count). The summed E-state index contributed by atoms with van der Waals surface area (Å²) >= 11 is 0. The van der Waals surface area contributed by atoms with Crippen LogP contribution < -0.4 is 4.65 Å². The number of fused-ring (bicyclic) bond motifs is 1. The number of nitrogens with zero attached hydrogens (tertiary/aromatic N) is 3. The number of aliphatic carboxylic acids is 1. The fourth-order valence-corrected chi connectivity index (χ4v) is 3.10. The molecule has 2 aromatic rings. The monoisotopic (exact) mass is 347 g/mol. The summed E-state index contributed by atoms with van der Waals surface area (Å²) in [4.78, 5) is 27.3. The number of carboxylic acid groups (broad SMARTS) is 1. The second kappa shape index (κ2) is 5.04. The molecule has 128 valence electrons. The maximum absolute atomic E-state index is 15.1. The molecule has 0 spiro atoms. The number of aromatic nitrogens is 2. The van der Waals surface area contributed by atoms with Crippen molar-refractivity contribution < 1.29 is 23.5 Å². The average Bonchev–Trinajstić information content (AvgIpc) is 3.28. The number of rotatable bonds is 3. The van der Waals surface area contributed by atoms with Gasteiger partial charge in [-0.25, -0.2) is 14.2 Å². The van der Waals surface area contributed by atoms with Crippen LogP contribution in [0.15, 0.2) is 36.6 Å². The Balaban J connectivity index is 2.04. The molecule has 25 heavy (non-hydrogen) atoms. The zero-order chi connectivity index (χ0) is 17.9. The maximum atomic E-state index is 15.1. The summed E-state index contributed by atoms with van der Waals surface area (Å²) in [6.45, 7) is 0. The van der Waals surface area contributed by atoms with Crippen molar-refractivity contribution >= 4 is 17.4 Å². The molecule has 1 aliphatic heterocycles. The highest BCUT2D eigenvalue weighted by atomic mass is 19.1. The zero-order valence-corrected chi connectivity index (χ0v) is 12.6. The van der Waals surface area contributed by atoms with Gasteiger partial charge in [-0.05, 0) is 6.07 Å². The first-order valence-corrected chi connectivity index (χ1v) is 7.45. The molecule has 1 atom stereocenters. The van der Waals surface area contributed by atoms with Crippen LogP contribution in [0.3, 0.4) is 0 Å². The topological polar surface area (TPSA) is 95.2 Å². The van der Waals surface area contributed by atoms with Gasteiger partial charge >= 0.3 is 5.97 Å². The van der Waals surface area contributed by atoms with Crippen LogP contribution in [0, 0.1) is 16.8 Å². The van der Waals surface area contributed by atoms with Crippen molar-refractivity contribution in [1.82, 2.24) is 14.2 Å². The number of imidazole rings is 1. The van der Waals surface area contributed by atoms with Gasteiger partial charge in [0, 0.05) is 25.2 Å². The van der Waals surface area contributed by atoms with Crippen molar-refractivity contribution in [2.45, 2.75) is 18.9 Å². The largest absolute Gasteiger partial charge is 0.622 e. The third kappa shape index (κ3) is 2.13. The van der Waals surface area contributed by atoms with Gasteiger partial charge in [-0.2, -0.15) is 4.39 Å². The lowest BCUT2D eigenvalue weighted by Crippen LogP contribution is -2.46. The number of hydrogen-bond acceptors (Lipinski definition) is 4. The highest BCUT2D eigenvalue weighted by Crippen LogP contribution is 2.47. The molecule has 7 nitrogen and oxygen atoms in total. The van der Waals surface area contributed by atoms with Crippen molar-refractivity contribution in [3.8, 4) is 5.69 Å². The van der Waals surface area contributed by atoms with Gasteiger partial charge < -0.3 is 14.9 Å². The Morgan fingerprint density at radius 3 is 2.68 bits per heavy atom. The average molecular weight is 347 g/mol. The van der Waals surface area contributed by atoms with E-state index in [1.165, 1.54) is 12.4 Å². The summed E-state index contributed by atoms with van der Waals surface area (Å²) in [7, 11) is 0. The Morgan fingerprint density at radius 1 is 1.40 bits per heavy atom. The van der Waals surface area contributed by atoms with E-state index in [9.17, 15) is 24.3 Å². The molecular weight excluding hydrogens is 336 g/mol. The predicted octanol–water partition coefficient (Wildman–Crippen LogP) is 2.28. The first-order chi connectivity index (χ1) is 11.8. The fraction of sp³-hybridized carbons (Fsp3) is 0.188. The van der Waals surface area contributed by atoms with Gasteiger partial charge in [0.1, 0.15) is 11.9 Å². The van der Waals surface area contributed by atoms with Crippen molar-refractivity contribution in [2.24, 2.45) is 0 Å². The third-order valence-corrected chi connectivity index (χ3v) is 4.41. The normalized spacial score (nSPS) is 22.5. The first kappa shape index (κ1) is 15.6. The van der Waals surface area contributed by atoms with Gasteiger partial charge in [0.05, 0.1) is 17.9 Å². The van der Waals surface area contributed by atoms with Crippen molar-refractivity contribution in [1.29, 1.82) is 0 Å². The molecule has 2 heterocycles. The van der Waals surface area contributed by atoms with Crippen LogP contribution in [-0.4, -0.2) is 32.5 Å². The number of hydrogen-bond donors (Lipinski definition) is 1. The van der Waals surface area contributed by atoms with Crippen LogP contribution in [-0.2, 0) is 4.79 Å². The minimum absolute atomic E-state index is 0.456. The number of carboxylic acids is 1. The van der Waals surface area contributed by atoms with E-state index in [2.05, 4.69) is 4.98 Å². The molecular formula is C16H11F2N3O4. The van der Waals surface area contributed by atoms with Crippen LogP contribution >= 0.6 is 0 Å². The molecule has 9 heteroatoms. The van der Waals surface area contributed by atoms with Crippen molar-refractivity contribution in [3.05, 3.63) is 59.0 Å². The van der Waals surface area contributed by atoms with Crippen molar-refractivity contribution in [2.75, 3.05) is 0 Å². The van der Waals surface area contributed by atoms with Crippen LogP contribution in [0.2, 0.25) is 0 Å². The summed E-state index contributed by atoms with van der Waals surface area (Å²) in [6, 6.07) is 0.121. The Kier molecular flexibility index (Phi) is 3.15. The lowest BCUT2D eigenvalue weighted by atomic mass is 9.96. The molecule has 1 aliphatic carbocycles. The van der Waals surface area contributed by atoms with Gasteiger partial charge in [-0.3, -0.25) is 9.44 Å². The summed E-state index contributed by atoms with van der Waals surface area (Å²) in [5.74, 6) is -4.96. The molecule has 1 aromatic carbocycles. The molecule has 1 saturated carbocycles. The van der Waals surface area contributed by atoms with E-state index >= 15 is 4.39 Å². The Bertz CT molecular complexity index is 951. The van der Waals surface area contributed by atoms with Crippen molar-refractivity contribution in [3.63, 3.8) is 0 Å². The fourth-order valence-electron chi connectivity index (χ4n) is 3.10. The molecule has 0 radical (unpaired) electrons. The van der Waals surface area contributed by atoms with E-state index in [-0.39, 0.29) is 0 Å². The van der Waals surface area contributed by atoms with E-state index in [0.717, 1.165) is 17.0 Å². The van der Waals surface area contributed by atoms with Gasteiger partial charge in [0.15, 0.2) is 17.1 Å². The molecule has 1 fully saturated rings. The predicted molar refractivity (Wildman–Crippen MR) is 81.7 cm³/mol. The standard InChI is InChI=1S/C16H11F2N3O4/c17-11-5-9-14(12(18)13(11)20-4-3-19-7-20)21(25,8-1-2-8)6-10(15(9)22)16(23)24/h3-8H,1-2H2,(H,23,24). The summed E-state index contributed by atoms with van der Waals surface area (Å²) in [5.41, 5.74) is -2.41. The molecule has 0 amide bonds. The highest BCUT2D eigenvalue weighted by molar-refractivity contribution is 6.26. The number of hydroxylamine groups is 2. The zero-order valence-electron chi connectivity index (χ0n) is 12.6. The molecule has 2 aliphatic rings. The van der Waals surface area contributed by atoms with E-state index in [0.29, 0.717) is 19.0 Å². The number of ketones is 1. The third-order valence-electron chi connectivity index (χ3n) is 4.41. The minimum Gasteiger partial charge on any atom is -0.622 e. The summed E-state index contributed by atoms with van der Waals surface area (Å²) in [6.07, 6.45) is 5.40. The van der Waals surface area contributed by atoms with Crippen LogP contribution in [0.25, 0.3) is 5.69 Å². The minimum atomic E-state index is -1.60. The molecule has 1 N–H and O–H groups in total. The second-order valence-corrected chi connectivity index (χ2v) is 6.00. The molecule has 1 aromatic heterocycles. The second-order valence-electron chi connectivity index (χ2n) is 6.00. The Labute approximate surface area is 139 Å². The lowest BCUT2D eigenvalue weighted by Gasteiger charge is -2.42. The van der Waals surface area contributed by atoms with Crippen LogP contribution in [0.1, 0.15) is 23.2 Å². The smallest absolute Gasteiger partial charge is 0.345 e. The summed E-state index contributed by atoms with van der Waals surface area (Å²) in [5, 5.41) is 22.5. The molecule has 1 unspecified atom stereocenters. The Hall–Kier alpha value is -2.91. The number of carbonyl (C=O) groups excluding carboxylic acids is 1. The maximum Gasteiger partial charge on any atom is 0.345 e.